The molecule has 0 aliphatic heterocycles. The lowest BCUT2D eigenvalue weighted by Crippen LogP contribution is -2.46. The quantitative estimate of drug-likeness (QED) is 0.134. The molecule has 2 aromatic rings. The van der Waals surface area contributed by atoms with Crippen molar-refractivity contribution >= 4 is 31.6 Å². The molecule has 0 unspecified atom stereocenters. The molecule has 3 aliphatic rings. The number of halogens is 6. The van der Waals surface area contributed by atoms with E-state index < -0.39 is 45.9 Å². The van der Waals surface area contributed by atoms with Crippen molar-refractivity contribution in [3.05, 3.63) is 59.2 Å². The fraction of sp³-hybridized carbons (Fsp3) is 0.618. The van der Waals surface area contributed by atoms with Crippen LogP contribution in [0.1, 0.15) is 86.8 Å². The summed E-state index contributed by atoms with van der Waals surface area (Å²) < 4.78 is 92.9. The van der Waals surface area contributed by atoms with E-state index in [2.05, 4.69) is 41.1 Å². The average molecular weight is 736 g/mol. The number of alkyl halides is 6. The van der Waals surface area contributed by atoms with E-state index in [4.69, 9.17) is 4.74 Å². The van der Waals surface area contributed by atoms with Crippen LogP contribution in [0.3, 0.4) is 0 Å². The zero-order valence-electron chi connectivity index (χ0n) is 25.7. The second-order valence-corrected chi connectivity index (χ2v) is 16.9. The molecule has 46 heavy (non-hydrogen) atoms. The first kappa shape index (κ1) is 35.1. The monoisotopic (exact) mass is 734 g/mol. The van der Waals surface area contributed by atoms with Crippen molar-refractivity contribution in [1.82, 2.24) is 0 Å². The summed E-state index contributed by atoms with van der Waals surface area (Å²) in [5, 5.41) is 10.1. The number of aryl methyl sites for hydroxylation is 1. The molecule has 1 N–H and O–H groups in total. The van der Waals surface area contributed by atoms with Gasteiger partial charge in [0, 0.05) is 11.8 Å². The summed E-state index contributed by atoms with van der Waals surface area (Å²) in [6.07, 6.45) is -3.23. The van der Waals surface area contributed by atoms with Gasteiger partial charge in [-0.1, -0.05) is 41.1 Å². The van der Waals surface area contributed by atoms with Crippen LogP contribution >= 0.6 is 15.9 Å². The van der Waals surface area contributed by atoms with Gasteiger partial charge in [0.25, 0.3) is 0 Å². The number of benzene rings is 2. The molecule has 0 spiro atoms. The van der Waals surface area contributed by atoms with E-state index >= 15 is 0 Å². The second kappa shape index (κ2) is 13.4. The molecular formula is C34H40BrF5O5S. The fourth-order valence-electron chi connectivity index (χ4n) is 8.13. The minimum Gasteiger partial charge on any atom is -0.508 e. The molecule has 5 rings (SSSR count). The van der Waals surface area contributed by atoms with Crippen molar-refractivity contribution in [2.45, 2.75) is 93.5 Å². The first-order chi connectivity index (χ1) is 21.5. The topological polar surface area (TPSA) is 80.7 Å². The van der Waals surface area contributed by atoms with Gasteiger partial charge in [-0.3, -0.25) is 4.79 Å². The first-order valence-corrected chi connectivity index (χ1v) is 18.6. The Hall–Kier alpha value is -2.21. The van der Waals surface area contributed by atoms with Gasteiger partial charge < -0.3 is 9.84 Å². The molecule has 0 saturated heterocycles. The van der Waals surface area contributed by atoms with Crippen molar-refractivity contribution in [2.24, 2.45) is 17.3 Å². The standard InChI is InChI=1S/C34H40BrF5O5S/c1-32-20-27(30-25-13-9-23(41)18-22(25)8-12-26(30)28(32)19-29(35)31(32)42)21-6-10-24(11-7-21)45-15-3-2-4-16-46(43,44)17-5-14-33(36,37)34(38,39)40/h6-7,9-11,13,18,26-30,41H,2-5,8,12,14-17,19-20H2,1H3/t26-,27+,28-,29+,30+,32-/m0/s1. The largest absolute Gasteiger partial charge is 0.508 e. The summed E-state index contributed by atoms with van der Waals surface area (Å²) in [5.41, 5.74) is 3.15. The number of fused-ring (bicyclic) bond motifs is 5. The van der Waals surface area contributed by atoms with Crippen molar-refractivity contribution in [1.29, 1.82) is 0 Å². The number of ketones is 1. The summed E-state index contributed by atoms with van der Waals surface area (Å²) in [5.74, 6) is -3.66. The van der Waals surface area contributed by atoms with Crippen molar-refractivity contribution in [2.75, 3.05) is 18.1 Å². The number of phenols is 1. The molecule has 6 atom stereocenters. The summed E-state index contributed by atoms with van der Waals surface area (Å²) >= 11 is 3.66. The molecule has 12 heteroatoms. The molecule has 0 radical (unpaired) electrons. The lowest BCUT2D eigenvalue weighted by molar-refractivity contribution is -0.284. The Kier molecular flexibility index (Phi) is 10.2. The predicted octanol–water partition coefficient (Wildman–Crippen LogP) is 8.53. The molecule has 5 nitrogen and oxygen atoms in total. The summed E-state index contributed by atoms with van der Waals surface area (Å²) in [6.45, 7) is 2.47. The van der Waals surface area contributed by atoms with E-state index in [1.165, 1.54) is 11.1 Å². The van der Waals surface area contributed by atoms with Gasteiger partial charge in [0.05, 0.1) is 22.9 Å². The van der Waals surface area contributed by atoms with Gasteiger partial charge in [-0.25, -0.2) is 8.42 Å². The predicted molar refractivity (Wildman–Crippen MR) is 169 cm³/mol. The number of rotatable bonds is 12. The summed E-state index contributed by atoms with van der Waals surface area (Å²) in [7, 11) is -3.73. The van der Waals surface area contributed by atoms with E-state index in [0.717, 1.165) is 31.2 Å². The van der Waals surface area contributed by atoms with Crippen LogP contribution in [0.4, 0.5) is 22.0 Å². The number of Topliss-reactive ketones (excluding diaryl/α,β-unsaturated/α-hetero) is 1. The molecular weight excluding hydrogens is 695 g/mol. The highest BCUT2D eigenvalue weighted by Gasteiger charge is 2.60. The van der Waals surface area contributed by atoms with Gasteiger partial charge in [0.2, 0.25) is 0 Å². The normalized spacial score (nSPS) is 28.0. The SMILES string of the molecule is C[C@]12C[C@H](c3ccc(OCCCCCS(=O)(=O)CCCC(F)(F)C(F)(F)F)cc3)[C@@H]3c4ccc(O)cc4CC[C@H]3[C@@H]1C[C@@H](Br)C2=O. The number of unbranched alkanes of at least 4 members (excludes halogenated alkanes) is 2. The van der Waals surface area contributed by atoms with Crippen molar-refractivity contribution < 1.29 is 45.0 Å². The third-order valence-electron chi connectivity index (χ3n) is 10.5. The highest BCUT2D eigenvalue weighted by atomic mass is 79.9. The van der Waals surface area contributed by atoms with Crippen LogP contribution in [0, 0.1) is 17.3 Å². The van der Waals surface area contributed by atoms with Crippen LogP contribution in [0.15, 0.2) is 42.5 Å². The van der Waals surface area contributed by atoms with Crippen LogP contribution in [0.2, 0.25) is 0 Å². The van der Waals surface area contributed by atoms with Gasteiger partial charge in [0.15, 0.2) is 5.78 Å². The van der Waals surface area contributed by atoms with Crippen LogP contribution in [-0.2, 0) is 21.1 Å². The van der Waals surface area contributed by atoms with Crippen molar-refractivity contribution in [3.63, 3.8) is 0 Å². The molecule has 0 bridgehead atoms. The Bertz CT molecular complexity index is 1510. The Labute approximate surface area is 275 Å². The molecule has 3 aliphatic carbocycles. The first-order valence-electron chi connectivity index (χ1n) is 15.9. The van der Waals surface area contributed by atoms with E-state index in [9.17, 15) is 40.3 Å². The molecule has 2 saturated carbocycles. The van der Waals surface area contributed by atoms with Crippen LogP contribution in [0.5, 0.6) is 11.5 Å². The third-order valence-corrected chi connectivity index (χ3v) is 13.1. The number of aromatic hydroxyl groups is 1. The molecule has 2 fully saturated rings. The molecule has 0 heterocycles. The minimum atomic E-state index is -5.68. The number of ether oxygens (including phenoxy) is 1. The zero-order chi connectivity index (χ0) is 33.5. The van der Waals surface area contributed by atoms with E-state index in [-0.39, 0.29) is 40.4 Å². The average Bonchev–Trinajstić information content (AvgIpc) is 3.21. The van der Waals surface area contributed by atoms with E-state index in [1.807, 2.05) is 18.2 Å². The van der Waals surface area contributed by atoms with Gasteiger partial charge in [-0.05, 0) is 116 Å². The Morgan fingerprint density at radius 1 is 1.00 bits per heavy atom. The molecule has 254 valence electrons. The number of hydrogen-bond donors (Lipinski definition) is 1. The number of carbonyl (C=O) groups is 1. The fourth-order valence-corrected chi connectivity index (χ4v) is 10.5. The third kappa shape index (κ3) is 7.27. The summed E-state index contributed by atoms with van der Waals surface area (Å²) in [6, 6.07) is 13.6. The number of phenolic OH excluding ortho intramolecular Hbond substituents is 1. The van der Waals surface area contributed by atoms with Gasteiger partial charge in [-0.2, -0.15) is 22.0 Å². The van der Waals surface area contributed by atoms with Gasteiger partial charge in [-0.15, -0.1) is 0 Å². The maximum atomic E-state index is 13.4. The van der Waals surface area contributed by atoms with Crippen LogP contribution in [0.25, 0.3) is 0 Å². The Morgan fingerprint density at radius 2 is 1.70 bits per heavy atom. The lowest BCUT2D eigenvalue weighted by atomic mass is 9.51. The number of carbonyl (C=O) groups excluding carboxylic acids is 1. The second-order valence-electron chi connectivity index (χ2n) is 13.4. The van der Waals surface area contributed by atoms with Gasteiger partial charge >= 0.3 is 12.1 Å². The molecule has 0 aromatic heterocycles. The zero-order valence-corrected chi connectivity index (χ0v) is 28.1. The maximum Gasteiger partial charge on any atom is 0.453 e. The number of sulfone groups is 1. The highest BCUT2D eigenvalue weighted by Crippen LogP contribution is 2.64. The lowest BCUT2D eigenvalue weighted by Gasteiger charge is -2.52. The summed E-state index contributed by atoms with van der Waals surface area (Å²) in [4.78, 5) is 13.3. The maximum absolute atomic E-state index is 13.4. The Balaban J connectivity index is 1.15. The van der Waals surface area contributed by atoms with Crippen LogP contribution in [-0.4, -0.2) is 54.3 Å². The number of hydrogen-bond acceptors (Lipinski definition) is 5. The Morgan fingerprint density at radius 3 is 2.39 bits per heavy atom. The van der Waals surface area contributed by atoms with Gasteiger partial charge in [0.1, 0.15) is 21.3 Å². The minimum absolute atomic E-state index is 0.118. The smallest absolute Gasteiger partial charge is 0.453 e. The van der Waals surface area contributed by atoms with Crippen molar-refractivity contribution in [3.8, 4) is 11.5 Å². The van der Waals surface area contributed by atoms with Crippen LogP contribution < -0.4 is 4.74 Å². The highest BCUT2D eigenvalue weighted by molar-refractivity contribution is 9.10. The molecule has 2 aromatic carbocycles. The molecule has 0 amide bonds. The van der Waals surface area contributed by atoms with E-state index in [0.29, 0.717) is 37.0 Å². The van der Waals surface area contributed by atoms with E-state index in [1.54, 1.807) is 6.07 Å².